The molecule has 4 nitrogen and oxygen atoms in total. The summed E-state index contributed by atoms with van der Waals surface area (Å²) in [7, 11) is 0. The number of rotatable bonds is 1. The third-order valence-corrected chi connectivity index (χ3v) is 2.07. The van der Waals surface area contributed by atoms with Crippen LogP contribution in [-0.4, -0.2) is 20.2 Å². The highest BCUT2D eigenvalue weighted by molar-refractivity contribution is 6.28. The van der Waals surface area contributed by atoms with Crippen molar-refractivity contribution in [1.82, 2.24) is 20.2 Å². The third-order valence-electron chi connectivity index (χ3n) is 1.89. The van der Waals surface area contributed by atoms with Crippen molar-refractivity contribution in [2.75, 3.05) is 0 Å². The molecule has 0 atom stereocenters. The maximum Gasteiger partial charge on any atom is 0.224 e. The van der Waals surface area contributed by atoms with Gasteiger partial charge in [0.25, 0.3) is 0 Å². The molecule has 0 fully saturated rings. The highest BCUT2D eigenvalue weighted by atomic mass is 35.5. The first kappa shape index (κ1) is 8.44. The summed E-state index contributed by atoms with van der Waals surface area (Å²) in [5.74, 6) is 0.384. The number of hydrogen-bond donors (Lipinski definition) is 1. The second kappa shape index (κ2) is 2.96. The van der Waals surface area contributed by atoms with E-state index in [1.54, 1.807) is 6.20 Å². The van der Waals surface area contributed by atoms with Gasteiger partial charge in [0, 0.05) is 11.9 Å². The predicted octanol–water partition coefficient (Wildman–Crippen LogP) is 2.13. The van der Waals surface area contributed by atoms with Crippen LogP contribution in [-0.2, 0) is 0 Å². The highest BCUT2D eigenvalue weighted by Crippen LogP contribution is 2.21. The van der Waals surface area contributed by atoms with Gasteiger partial charge < -0.3 is 0 Å². The number of H-pyrrole nitrogens is 1. The Morgan fingerprint density at radius 1 is 1.46 bits per heavy atom. The molecular formula is C8H9ClN4. The first-order valence-electron chi connectivity index (χ1n) is 4.05. The van der Waals surface area contributed by atoms with E-state index in [1.807, 2.05) is 0 Å². The molecule has 0 bridgehead atoms. The molecule has 13 heavy (non-hydrogen) atoms. The van der Waals surface area contributed by atoms with Crippen molar-refractivity contribution >= 4 is 22.6 Å². The van der Waals surface area contributed by atoms with Gasteiger partial charge in [0.05, 0.1) is 5.39 Å². The zero-order valence-electron chi connectivity index (χ0n) is 7.37. The second-order valence-electron chi connectivity index (χ2n) is 3.17. The van der Waals surface area contributed by atoms with Crippen LogP contribution in [0.2, 0.25) is 5.28 Å². The zero-order chi connectivity index (χ0) is 9.42. The SMILES string of the molecule is CC(C)c1[nH]nc2nc(Cl)ncc12. The minimum atomic E-state index is 0.231. The van der Waals surface area contributed by atoms with Crippen LogP contribution in [0.5, 0.6) is 0 Å². The Morgan fingerprint density at radius 3 is 2.92 bits per heavy atom. The lowest BCUT2D eigenvalue weighted by Gasteiger charge is -1.99. The first-order valence-corrected chi connectivity index (χ1v) is 4.43. The maximum atomic E-state index is 5.63. The van der Waals surface area contributed by atoms with Crippen LogP contribution in [0, 0.1) is 0 Å². The summed E-state index contributed by atoms with van der Waals surface area (Å²) < 4.78 is 0. The summed E-state index contributed by atoms with van der Waals surface area (Å²) in [6, 6.07) is 0. The summed E-state index contributed by atoms with van der Waals surface area (Å²) in [4.78, 5) is 7.91. The van der Waals surface area contributed by atoms with Crippen molar-refractivity contribution < 1.29 is 0 Å². The molecule has 0 amide bonds. The number of hydrogen-bond acceptors (Lipinski definition) is 3. The van der Waals surface area contributed by atoms with Crippen LogP contribution in [0.4, 0.5) is 0 Å². The number of halogens is 1. The van der Waals surface area contributed by atoms with Gasteiger partial charge in [-0.25, -0.2) is 4.98 Å². The molecule has 5 heteroatoms. The van der Waals surface area contributed by atoms with Gasteiger partial charge in [-0.3, -0.25) is 5.10 Å². The van der Waals surface area contributed by atoms with Crippen molar-refractivity contribution in [3.8, 4) is 0 Å². The van der Waals surface area contributed by atoms with E-state index >= 15 is 0 Å². The third kappa shape index (κ3) is 1.37. The van der Waals surface area contributed by atoms with Gasteiger partial charge in [-0.15, -0.1) is 0 Å². The number of nitrogens with zero attached hydrogens (tertiary/aromatic N) is 3. The Kier molecular flexibility index (Phi) is 1.92. The zero-order valence-corrected chi connectivity index (χ0v) is 8.13. The first-order chi connectivity index (χ1) is 6.18. The van der Waals surface area contributed by atoms with Crippen LogP contribution >= 0.6 is 11.6 Å². The summed E-state index contributed by atoms with van der Waals surface area (Å²) in [5.41, 5.74) is 1.68. The Morgan fingerprint density at radius 2 is 2.23 bits per heavy atom. The molecule has 2 heterocycles. The molecular weight excluding hydrogens is 188 g/mol. The van der Waals surface area contributed by atoms with Crippen LogP contribution in [0.3, 0.4) is 0 Å². The average Bonchev–Trinajstić information content (AvgIpc) is 2.46. The van der Waals surface area contributed by atoms with E-state index in [1.165, 1.54) is 0 Å². The molecule has 0 saturated carbocycles. The number of aromatic nitrogens is 4. The predicted molar refractivity (Wildman–Crippen MR) is 50.8 cm³/mol. The van der Waals surface area contributed by atoms with Crippen molar-refractivity contribution in [2.24, 2.45) is 0 Å². The van der Waals surface area contributed by atoms with Crippen molar-refractivity contribution in [1.29, 1.82) is 0 Å². The summed E-state index contributed by atoms with van der Waals surface area (Å²) in [6.07, 6.45) is 1.70. The number of nitrogens with one attached hydrogen (secondary N) is 1. The molecule has 0 spiro atoms. The number of aromatic amines is 1. The maximum absolute atomic E-state index is 5.63. The van der Waals surface area contributed by atoms with Crippen LogP contribution < -0.4 is 0 Å². The van der Waals surface area contributed by atoms with Gasteiger partial charge in [0.15, 0.2) is 5.65 Å². The van der Waals surface area contributed by atoms with Gasteiger partial charge in [-0.2, -0.15) is 10.1 Å². The quantitative estimate of drug-likeness (QED) is 0.711. The Balaban J connectivity index is 2.69. The Bertz CT molecular complexity index is 435. The lowest BCUT2D eigenvalue weighted by atomic mass is 10.1. The Labute approximate surface area is 80.3 Å². The number of fused-ring (bicyclic) bond motifs is 1. The topological polar surface area (TPSA) is 54.5 Å². The van der Waals surface area contributed by atoms with E-state index in [0.717, 1.165) is 11.1 Å². The fourth-order valence-electron chi connectivity index (χ4n) is 1.24. The molecule has 2 rings (SSSR count). The molecule has 68 valence electrons. The lowest BCUT2D eigenvalue weighted by molar-refractivity contribution is 0.817. The average molecular weight is 197 g/mol. The van der Waals surface area contributed by atoms with Crippen LogP contribution in [0.1, 0.15) is 25.5 Å². The fourth-order valence-corrected chi connectivity index (χ4v) is 1.37. The molecule has 0 aliphatic carbocycles. The van der Waals surface area contributed by atoms with Crippen molar-refractivity contribution in [2.45, 2.75) is 19.8 Å². The van der Waals surface area contributed by atoms with E-state index in [0.29, 0.717) is 11.6 Å². The fraction of sp³-hybridized carbons (Fsp3) is 0.375. The lowest BCUT2D eigenvalue weighted by Crippen LogP contribution is -1.88. The smallest absolute Gasteiger partial charge is 0.224 e. The van der Waals surface area contributed by atoms with E-state index < -0.39 is 0 Å². The van der Waals surface area contributed by atoms with Crippen molar-refractivity contribution in [3.63, 3.8) is 0 Å². The highest BCUT2D eigenvalue weighted by Gasteiger charge is 2.09. The van der Waals surface area contributed by atoms with Gasteiger partial charge in [-0.1, -0.05) is 13.8 Å². The largest absolute Gasteiger partial charge is 0.279 e. The van der Waals surface area contributed by atoms with Crippen LogP contribution in [0.15, 0.2) is 6.20 Å². The van der Waals surface area contributed by atoms with E-state index in [2.05, 4.69) is 34.0 Å². The molecule has 2 aromatic rings. The Hall–Kier alpha value is -1.16. The molecule has 0 aliphatic heterocycles. The standard InChI is InChI=1S/C8H9ClN4/c1-4(2)6-5-3-10-8(9)11-7(5)13-12-6/h3-4H,1-2H3,(H,10,11,12,13). The van der Waals surface area contributed by atoms with Gasteiger partial charge in [0.1, 0.15) is 0 Å². The van der Waals surface area contributed by atoms with Gasteiger partial charge >= 0.3 is 0 Å². The van der Waals surface area contributed by atoms with Gasteiger partial charge in [0.2, 0.25) is 5.28 Å². The molecule has 1 N–H and O–H groups in total. The molecule has 0 saturated heterocycles. The van der Waals surface area contributed by atoms with Crippen molar-refractivity contribution in [3.05, 3.63) is 17.2 Å². The molecule has 0 radical (unpaired) electrons. The van der Waals surface area contributed by atoms with E-state index in [-0.39, 0.29) is 5.28 Å². The summed E-state index contributed by atoms with van der Waals surface area (Å²) in [6.45, 7) is 4.17. The minimum absolute atomic E-state index is 0.231. The van der Waals surface area contributed by atoms with E-state index in [4.69, 9.17) is 11.6 Å². The molecule has 0 aromatic carbocycles. The second-order valence-corrected chi connectivity index (χ2v) is 3.51. The summed E-state index contributed by atoms with van der Waals surface area (Å²) >= 11 is 5.63. The van der Waals surface area contributed by atoms with Crippen LogP contribution in [0.25, 0.3) is 11.0 Å². The van der Waals surface area contributed by atoms with Gasteiger partial charge in [-0.05, 0) is 17.5 Å². The molecule has 0 unspecified atom stereocenters. The normalized spacial score (nSPS) is 11.4. The monoisotopic (exact) mass is 196 g/mol. The van der Waals surface area contributed by atoms with E-state index in [9.17, 15) is 0 Å². The molecule has 0 aliphatic rings. The minimum Gasteiger partial charge on any atom is -0.279 e. The summed E-state index contributed by atoms with van der Waals surface area (Å²) in [5, 5.41) is 8.14. The molecule has 2 aromatic heterocycles.